The number of thioether (sulfide) groups is 1. The number of halogens is 1. The average Bonchev–Trinajstić information content (AvgIpc) is 2.49. The lowest BCUT2D eigenvalue weighted by atomic mass is 10.2. The smallest absolute Gasteiger partial charge is 0.244 e. The van der Waals surface area contributed by atoms with Crippen molar-refractivity contribution >= 4 is 27.7 Å². The Bertz CT molecular complexity index is 620. The fourth-order valence-electron chi connectivity index (χ4n) is 1.69. The number of sulfonamides is 1. The molecule has 0 saturated carbocycles. The number of carbonyl (C=O) groups is 1. The minimum Gasteiger partial charge on any atom is -0.351 e. The first-order valence-electron chi connectivity index (χ1n) is 6.56. The molecule has 1 rings (SSSR count). The van der Waals surface area contributed by atoms with E-state index in [1.165, 1.54) is 30.0 Å². The van der Waals surface area contributed by atoms with Gasteiger partial charge in [-0.05, 0) is 30.6 Å². The summed E-state index contributed by atoms with van der Waals surface area (Å²) in [4.78, 5) is 11.5. The molecule has 0 spiro atoms. The normalized spacial score (nSPS) is 12.6. The summed E-state index contributed by atoms with van der Waals surface area (Å²) in [7, 11) is -4.11. The van der Waals surface area contributed by atoms with Gasteiger partial charge in [-0.3, -0.25) is 4.79 Å². The summed E-state index contributed by atoms with van der Waals surface area (Å²) < 4.78 is 40.4. The van der Waals surface area contributed by atoms with Gasteiger partial charge in [-0.25, -0.2) is 12.8 Å². The van der Waals surface area contributed by atoms with Gasteiger partial charge in [-0.15, -0.1) is 6.58 Å². The highest BCUT2D eigenvalue weighted by Gasteiger charge is 2.26. The third-order valence-electron chi connectivity index (χ3n) is 2.77. The van der Waals surface area contributed by atoms with E-state index >= 15 is 0 Å². The van der Waals surface area contributed by atoms with Gasteiger partial charge in [0, 0.05) is 6.54 Å². The molecule has 1 atom stereocenters. The first-order chi connectivity index (χ1) is 10.4. The predicted molar refractivity (Wildman–Crippen MR) is 86.7 cm³/mol. The van der Waals surface area contributed by atoms with E-state index in [2.05, 4.69) is 16.6 Å². The van der Waals surface area contributed by atoms with E-state index in [1.807, 2.05) is 6.26 Å². The topological polar surface area (TPSA) is 75.3 Å². The second-order valence-corrected chi connectivity index (χ2v) is 7.09. The molecular weight excluding hydrogens is 327 g/mol. The van der Waals surface area contributed by atoms with Crippen LogP contribution in [0.3, 0.4) is 0 Å². The molecule has 1 aromatic rings. The molecule has 0 aromatic heterocycles. The maximum Gasteiger partial charge on any atom is 0.244 e. The van der Waals surface area contributed by atoms with Crippen LogP contribution >= 0.6 is 11.8 Å². The van der Waals surface area contributed by atoms with Crippen molar-refractivity contribution in [2.24, 2.45) is 0 Å². The van der Waals surface area contributed by atoms with Crippen LogP contribution in [-0.4, -0.2) is 38.9 Å². The van der Waals surface area contributed by atoms with E-state index in [9.17, 15) is 17.6 Å². The molecule has 1 unspecified atom stereocenters. The molecule has 8 heteroatoms. The highest BCUT2D eigenvalue weighted by Crippen LogP contribution is 2.14. The Kier molecular flexibility index (Phi) is 7.57. The first kappa shape index (κ1) is 18.7. The average molecular weight is 346 g/mol. The Hall–Kier alpha value is -1.38. The van der Waals surface area contributed by atoms with Crippen LogP contribution in [-0.2, 0) is 14.8 Å². The molecule has 5 nitrogen and oxygen atoms in total. The van der Waals surface area contributed by atoms with Crippen LogP contribution in [0.2, 0.25) is 0 Å². The van der Waals surface area contributed by atoms with Crippen molar-refractivity contribution < 1.29 is 17.6 Å². The van der Waals surface area contributed by atoms with Crippen molar-refractivity contribution in [3.05, 3.63) is 42.7 Å². The van der Waals surface area contributed by atoms with Crippen LogP contribution in [0, 0.1) is 5.82 Å². The molecule has 0 saturated heterocycles. The van der Waals surface area contributed by atoms with Gasteiger partial charge in [0.15, 0.2) is 0 Å². The lowest BCUT2D eigenvalue weighted by molar-refractivity contribution is -0.122. The zero-order valence-electron chi connectivity index (χ0n) is 12.2. The second kappa shape index (κ2) is 8.92. The summed E-state index contributed by atoms with van der Waals surface area (Å²) in [6.45, 7) is 3.71. The molecular formula is C14H19FN2O3S2. The maximum absolute atomic E-state index is 13.7. The SMILES string of the molecule is C=CCNC(=O)C(CCSC)NS(=O)(=O)c1ccccc1F. The van der Waals surface area contributed by atoms with Gasteiger partial charge < -0.3 is 5.32 Å². The highest BCUT2D eigenvalue weighted by molar-refractivity contribution is 7.98. The monoisotopic (exact) mass is 346 g/mol. The first-order valence-corrected chi connectivity index (χ1v) is 9.44. The second-order valence-electron chi connectivity index (χ2n) is 4.42. The fourth-order valence-corrected chi connectivity index (χ4v) is 3.47. The molecule has 0 aliphatic carbocycles. The summed E-state index contributed by atoms with van der Waals surface area (Å²) in [5.41, 5.74) is 0. The van der Waals surface area contributed by atoms with Crippen LogP contribution in [0.4, 0.5) is 4.39 Å². The van der Waals surface area contributed by atoms with E-state index in [-0.39, 0.29) is 6.54 Å². The zero-order valence-corrected chi connectivity index (χ0v) is 13.8. The summed E-state index contributed by atoms with van der Waals surface area (Å²) in [6.07, 6.45) is 3.65. The number of hydrogen-bond acceptors (Lipinski definition) is 4. The molecule has 0 radical (unpaired) electrons. The van der Waals surface area contributed by atoms with Crippen molar-refractivity contribution in [3.63, 3.8) is 0 Å². The Morgan fingerprint density at radius 1 is 1.45 bits per heavy atom. The summed E-state index contributed by atoms with van der Waals surface area (Å²) in [6, 6.07) is 4.08. The van der Waals surface area contributed by atoms with E-state index < -0.39 is 32.7 Å². The lowest BCUT2D eigenvalue weighted by Gasteiger charge is -2.18. The predicted octanol–water partition coefficient (Wildman–Crippen LogP) is 1.53. The van der Waals surface area contributed by atoms with E-state index in [0.717, 1.165) is 12.1 Å². The molecule has 0 bridgehead atoms. The molecule has 122 valence electrons. The molecule has 1 amide bonds. The van der Waals surface area contributed by atoms with Gasteiger partial charge >= 0.3 is 0 Å². The fraction of sp³-hybridized carbons (Fsp3) is 0.357. The van der Waals surface area contributed by atoms with Crippen molar-refractivity contribution in [2.75, 3.05) is 18.6 Å². The molecule has 1 aromatic carbocycles. The van der Waals surface area contributed by atoms with Crippen molar-refractivity contribution in [1.29, 1.82) is 0 Å². The van der Waals surface area contributed by atoms with Crippen LogP contribution < -0.4 is 10.0 Å². The van der Waals surface area contributed by atoms with Crippen LogP contribution in [0.5, 0.6) is 0 Å². The standard InChI is InChI=1S/C14H19FN2O3S2/c1-3-9-16-14(18)12(8-10-21-2)17-22(19,20)13-7-5-4-6-11(13)15/h3-7,12,17H,1,8-10H2,2H3,(H,16,18). The van der Waals surface area contributed by atoms with Crippen LogP contribution in [0.25, 0.3) is 0 Å². The Labute approximate surface area is 134 Å². The van der Waals surface area contributed by atoms with Crippen molar-refractivity contribution in [1.82, 2.24) is 10.0 Å². The van der Waals surface area contributed by atoms with Crippen LogP contribution in [0.1, 0.15) is 6.42 Å². The summed E-state index contributed by atoms with van der Waals surface area (Å²) in [5.74, 6) is -0.731. The molecule has 22 heavy (non-hydrogen) atoms. The third kappa shape index (κ3) is 5.43. The summed E-state index contributed by atoms with van der Waals surface area (Å²) in [5, 5.41) is 2.54. The van der Waals surface area contributed by atoms with Gasteiger partial charge in [0.2, 0.25) is 15.9 Å². The van der Waals surface area contributed by atoms with E-state index in [4.69, 9.17) is 0 Å². The number of nitrogens with one attached hydrogen (secondary N) is 2. The molecule has 2 N–H and O–H groups in total. The van der Waals surface area contributed by atoms with Crippen molar-refractivity contribution in [2.45, 2.75) is 17.4 Å². The number of amides is 1. The zero-order chi connectivity index (χ0) is 16.6. The minimum absolute atomic E-state index is 0.232. The van der Waals surface area contributed by atoms with Gasteiger partial charge in [-0.1, -0.05) is 18.2 Å². The number of rotatable bonds is 9. The van der Waals surface area contributed by atoms with Crippen molar-refractivity contribution in [3.8, 4) is 0 Å². The maximum atomic E-state index is 13.7. The minimum atomic E-state index is -4.11. The molecule has 0 aliphatic heterocycles. The number of hydrogen-bond donors (Lipinski definition) is 2. The highest BCUT2D eigenvalue weighted by atomic mass is 32.2. The largest absolute Gasteiger partial charge is 0.351 e. The quantitative estimate of drug-likeness (QED) is 0.665. The molecule has 0 heterocycles. The number of benzene rings is 1. The lowest BCUT2D eigenvalue weighted by Crippen LogP contribution is -2.47. The Balaban J connectivity index is 2.94. The van der Waals surface area contributed by atoms with E-state index in [1.54, 1.807) is 0 Å². The van der Waals surface area contributed by atoms with E-state index in [0.29, 0.717) is 12.2 Å². The van der Waals surface area contributed by atoms with Gasteiger partial charge in [0.1, 0.15) is 16.8 Å². The van der Waals surface area contributed by atoms with Gasteiger partial charge in [-0.2, -0.15) is 16.5 Å². The molecule has 0 fully saturated rings. The summed E-state index contributed by atoms with van der Waals surface area (Å²) >= 11 is 1.49. The Morgan fingerprint density at radius 3 is 2.73 bits per heavy atom. The third-order valence-corrected chi connectivity index (χ3v) is 4.92. The van der Waals surface area contributed by atoms with Crippen LogP contribution in [0.15, 0.2) is 41.8 Å². The molecule has 0 aliphatic rings. The van der Waals surface area contributed by atoms with Gasteiger partial charge in [0.25, 0.3) is 0 Å². The Morgan fingerprint density at radius 2 is 2.14 bits per heavy atom. The van der Waals surface area contributed by atoms with Gasteiger partial charge in [0.05, 0.1) is 0 Å². The number of carbonyl (C=O) groups excluding carboxylic acids is 1.